The van der Waals surface area contributed by atoms with Crippen molar-refractivity contribution in [3.8, 4) is 0 Å². The first kappa shape index (κ1) is 10.9. The molecule has 0 aliphatic carbocycles. The van der Waals surface area contributed by atoms with Crippen molar-refractivity contribution in [1.82, 2.24) is 0 Å². The highest BCUT2D eigenvalue weighted by Gasteiger charge is 2.13. The van der Waals surface area contributed by atoms with E-state index < -0.39 is 0 Å². The normalized spacial score (nSPS) is 13.7. The van der Waals surface area contributed by atoms with Crippen LogP contribution in [0.15, 0.2) is 52.3 Å². The Morgan fingerprint density at radius 1 is 0.941 bits per heavy atom. The Hall–Kier alpha value is -1.25. The molecular weight excluding hydrogens is 228 g/mol. The summed E-state index contributed by atoms with van der Waals surface area (Å²) < 4.78 is 0. The van der Waals surface area contributed by atoms with Crippen LogP contribution in [0.3, 0.4) is 0 Å². The minimum atomic E-state index is 0.121. The minimum absolute atomic E-state index is 0.121. The SMILES string of the molecule is OCc1ccc2c(c1)Sc1ccccc1CC2. The summed E-state index contributed by atoms with van der Waals surface area (Å²) in [6, 6.07) is 14.9. The van der Waals surface area contributed by atoms with E-state index in [2.05, 4.69) is 36.4 Å². The van der Waals surface area contributed by atoms with E-state index in [0.717, 1.165) is 18.4 Å². The Balaban J connectivity index is 2.05. The summed E-state index contributed by atoms with van der Waals surface area (Å²) in [5, 5.41) is 9.20. The monoisotopic (exact) mass is 242 g/mol. The van der Waals surface area contributed by atoms with Gasteiger partial charge in [0, 0.05) is 9.79 Å². The van der Waals surface area contributed by atoms with Gasteiger partial charge in [0.15, 0.2) is 0 Å². The fraction of sp³-hybridized carbons (Fsp3) is 0.200. The maximum Gasteiger partial charge on any atom is 0.0682 e. The second-order valence-electron chi connectivity index (χ2n) is 4.31. The van der Waals surface area contributed by atoms with Gasteiger partial charge >= 0.3 is 0 Å². The molecule has 0 radical (unpaired) electrons. The van der Waals surface area contributed by atoms with E-state index in [1.165, 1.54) is 20.9 Å². The molecule has 0 unspecified atom stereocenters. The molecule has 0 aromatic heterocycles. The minimum Gasteiger partial charge on any atom is -0.392 e. The topological polar surface area (TPSA) is 20.2 Å². The van der Waals surface area contributed by atoms with Crippen molar-refractivity contribution in [2.24, 2.45) is 0 Å². The van der Waals surface area contributed by atoms with Gasteiger partial charge in [-0.1, -0.05) is 42.1 Å². The molecular formula is C15H14OS. The molecule has 3 rings (SSSR count). The quantitative estimate of drug-likeness (QED) is 0.826. The number of benzene rings is 2. The molecule has 0 amide bonds. The van der Waals surface area contributed by atoms with Crippen molar-refractivity contribution in [2.75, 3.05) is 0 Å². The van der Waals surface area contributed by atoms with E-state index in [4.69, 9.17) is 0 Å². The molecule has 17 heavy (non-hydrogen) atoms. The number of hydrogen-bond donors (Lipinski definition) is 1. The predicted octanol–water partition coefficient (Wildman–Crippen LogP) is 3.43. The lowest BCUT2D eigenvalue weighted by molar-refractivity contribution is 0.281. The van der Waals surface area contributed by atoms with E-state index in [1.54, 1.807) is 0 Å². The first-order chi connectivity index (χ1) is 8.36. The second kappa shape index (κ2) is 4.55. The predicted molar refractivity (Wildman–Crippen MR) is 70.3 cm³/mol. The van der Waals surface area contributed by atoms with Crippen molar-refractivity contribution in [3.63, 3.8) is 0 Å². The molecule has 0 saturated carbocycles. The van der Waals surface area contributed by atoms with E-state index in [-0.39, 0.29) is 6.61 Å². The zero-order chi connectivity index (χ0) is 11.7. The van der Waals surface area contributed by atoms with Crippen LogP contribution in [0.1, 0.15) is 16.7 Å². The van der Waals surface area contributed by atoms with E-state index in [1.807, 2.05) is 17.8 Å². The number of aliphatic hydroxyl groups excluding tert-OH is 1. The van der Waals surface area contributed by atoms with Gasteiger partial charge in [-0.2, -0.15) is 0 Å². The van der Waals surface area contributed by atoms with E-state index >= 15 is 0 Å². The van der Waals surface area contributed by atoms with Crippen molar-refractivity contribution in [2.45, 2.75) is 29.2 Å². The summed E-state index contributed by atoms with van der Waals surface area (Å²) in [4.78, 5) is 2.64. The Bertz CT molecular complexity index is 548. The Kier molecular flexibility index (Phi) is 2.91. The number of aliphatic hydroxyl groups is 1. The van der Waals surface area contributed by atoms with Gasteiger partial charge in [0.2, 0.25) is 0 Å². The number of fused-ring (bicyclic) bond motifs is 2. The molecule has 1 aliphatic heterocycles. The first-order valence-corrected chi connectivity index (χ1v) is 6.67. The molecule has 0 atom stereocenters. The van der Waals surface area contributed by atoms with Crippen LogP contribution in [0.5, 0.6) is 0 Å². The van der Waals surface area contributed by atoms with Crippen LogP contribution < -0.4 is 0 Å². The van der Waals surface area contributed by atoms with Gasteiger partial charge in [0.05, 0.1) is 6.61 Å². The number of hydrogen-bond acceptors (Lipinski definition) is 2. The summed E-state index contributed by atoms with van der Waals surface area (Å²) >= 11 is 1.82. The van der Waals surface area contributed by atoms with Crippen LogP contribution in [0, 0.1) is 0 Å². The molecule has 2 aromatic rings. The van der Waals surface area contributed by atoms with Crippen LogP contribution in [-0.4, -0.2) is 5.11 Å². The standard InChI is InChI=1S/C15H14OS/c16-10-11-5-6-13-8-7-12-3-1-2-4-14(12)17-15(13)9-11/h1-6,9,16H,7-8,10H2. The molecule has 0 fully saturated rings. The van der Waals surface area contributed by atoms with Gasteiger partial charge in [-0.3, -0.25) is 0 Å². The molecule has 1 nitrogen and oxygen atoms in total. The molecule has 2 aromatic carbocycles. The second-order valence-corrected chi connectivity index (χ2v) is 5.39. The summed E-state index contributed by atoms with van der Waals surface area (Å²) in [6.07, 6.45) is 2.19. The Labute approximate surface area is 105 Å². The molecule has 1 heterocycles. The molecule has 1 aliphatic rings. The largest absolute Gasteiger partial charge is 0.392 e. The van der Waals surface area contributed by atoms with Crippen LogP contribution >= 0.6 is 11.8 Å². The van der Waals surface area contributed by atoms with Crippen molar-refractivity contribution >= 4 is 11.8 Å². The smallest absolute Gasteiger partial charge is 0.0682 e. The zero-order valence-electron chi connectivity index (χ0n) is 9.52. The highest BCUT2D eigenvalue weighted by molar-refractivity contribution is 7.99. The van der Waals surface area contributed by atoms with Crippen LogP contribution in [0.2, 0.25) is 0 Å². The third kappa shape index (κ3) is 2.11. The van der Waals surface area contributed by atoms with Gasteiger partial charge < -0.3 is 5.11 Å². The molecule has 0 saturated heterocycles. The first-order valence-electron chi connectivity index (χ1n) is 5.85. The lowest BCUT2D eigenvalue weighted by Crippen LogP contribution is -1.91. The lowest BCUT2D eigenvalue weighted by Gasteiger charge is -2.07. The summed E-state index contributed by atoms with van der Waals surface area (Å²) in [5.74, 6) is 0. The summed E-state index contributed by atoms with van der Waals surface area (Å²) in [5.41, 5.74) is 3.82. The molecule has 0 bridgehead atoms. The third-order valence-corrected chi connectivity index (χ3v) is 4.39. The number of rotatable bonds is 1. The highest BCUT2D eigenvalue weighted by atomic mass is 32.2. The van der Waals surface area contributed by atoms with Crippen LogP contribution in [0.25, 0.3) is 0 Å². The molecule has 1 N–H and O–H groups in total. The summed E-state index contributed by atoms with van der Waals surface area (Å²) in [6.45, 7) is 0.121. The van der Waals surface area contributed by atoms with Crippen LogP contribution in [0.4, 0.5) is 0 Å². The van der Waals surface area contributed by atoms with Gasteiger partial charge in [-0.25, -0.2) is 0 Å². The van der Waals surface area contributed by atoms with Gasteiger partial charge in [-0.05, 0) is 41.7 Å². The average Bonchev–Trinajstić information content (AvgIpc) is 2.56. The fourth-order valence-corrected chi connectivity index (χ4v) is 3.39. The zero-order valence-corrected chi connectivity index (χ0v) is 10.3. The average molecular weight is 242 g/mol. The fourth-order valence-electron chi connectivity index (χ4n) is 2.20. The Morgan fingerprint density at radius 3 is 2.53 bits per heavy atom. The maximum atomic E-state index is 9.20. The van der Waals surface area contributed by atoms with Crippen LogP contribution in [-0.2, 0) is 19.4 Å². The lowest BCUT2D eigenvalue weighted by atomic mass is 10.0. The van der Waals surface area contributed by atoms with Crippen molar-refractivity contribution in [3.05, 3.63) is 59.2 Å². The number of aryl methyl sites for hydroxylation is 2. The van der Waals surface area contributed by atoms with Gasteiger partial charge in [0.1, 0.15) is 0 Å². The van der Waals surface area contributed by atoms with E-state index in [0.29, 0.717) is 0 Å². The van der Waals surface area contributed by atoms with Gasteiger partial charge in [0.25, 0.3) is 0 Å². The maximum absolute atomic E-state index is 9.20. The van der Waals surface area contributed by atoms with Gasteiger partial charge in [-0.15, -0.1) is 0 Å². The highest BCUT2D eigenvalue weighted by Crippen LogP contribution is 2.37. The van der Waals surface area contributed by atoms with E-state index in [9.17, 15) is 5.11 Å². The summed E-state index contributed by atoms with van der Waals surface area (Å²) in [7, 11) is 0. The third-order valence-electron chi connectivity index (χ3n) is 3.17. The molecule has 2 heteroatoms. The molecule has 86 valence electrons. The Morgan fingerprint density at radius 2 is 1.71 bits per heavy atom. The van der Waals surface area contributed by atoms with Crippen molar-refractivity contribution < 1.29 is 5.11 Å². The van der Waals surface area contributed by atoms with Crippen molar-refractivity contribution in [1.29, 1.82) is 0 Å². The molecule has 0 spiro atoms.